The second kappa shape index (κ2) is 2.88. The van der Waals surface area contributed by atoms with Gasteiger partial charge in [-0.1, -0.05) is 13.8 Å². The van der Waals surface area contributed by atoms with E-state index in [0.29, 0.717) is 12.0 Å². The molecule has 0 aromatic heterocycles. The van der Waals surface area contributed by atoms with E-state index in [1.54, 1.807) is 0 Å². The Bertz CT molecular complexity index is 498. The van der Waals surface area contributed by atoms with Crippen LogP contribution in [0.2, 0.25) is 0 Å². The second-order valence-electron chi connectivity index (χ2n) is 5.77. The summed E-state index contributed by atoms with van der Waals surface area (Å²) in [5.74, 6) is -0.148. The average Bonchev–Trinajstić information content (AvgIpc) is 2.68. The Kier molecular flexibility index (Phi) is 1.78. The number of carbonyl (C=O) groups is 1. The van der Waals surface area contributed by atoms with Crippen molar-refractivity contribution in [3.63, 3.8) is 0 Å². The first-order chi connectivity index (χ1) is 7.48. The number of ether oxygens (including phenoxy) is 1. The molecule has 1 aliphatic heterocycles. The maximum atomic E-state index is 11.6. The predicted octanol–water partition coefficient (Wildman–Crippen LogP) is 2.79. The van der Waals surface area contributed by atoms with E-state index in [0.717, 1.165) is 24.0 Å². The molecule has 0 amide bonds. The number of rotatable bonds is 0. The molecule has 0 spiro atoms. The molecule has 0 saturated heterocycles. The quantitative estimate of drug-likeness (QED) is 0.623. The topological polar surface area (TPSA) is 26.3 Å². The lowest BCUT2D eigenvalue weighted by atomic mass is 9.90. The highest BCUT2D eigenvalue weighted by atomic mass is 16.5. The van der Waals surface area contributed by atoms with Gasteiger partial charge in [0.2, 0.25) is 0 Å². The standard InChI is InChI=1S/C14H16O2/c1-8-4-9-12(7-16-13(9)15)11-6-14(2,3)5-10(8)11/h4H,5-7H2,1-3H3. The number of cyclic esters (lactones) is 1. The van der Waals surface area contributed by atoms with Crippen LogP contribution < -0.4 is 0 Å². The average molecular weight is 216 g/mol. The van der Waals surface area contributed by atoms with E-state index in [2.05, 4.69) is 20.8 Å². The minimum absolute atomic E-state index is 0.148. The SMILES string of the molecule is Cc1cc2c(c3c1CC(C)(C)C3)COC2=O. The van der Waals surface area contributed by atoms with Crippen molar-refractivity contribution in [1.82, 2.24) is 0 Å². The molecular formula is C14H16O2. The fourth-order valence-electron chi connectivity index (χ4n) is 3.02. The molecule has 1 aliphatic carbocycles. The number of hydrogen-bond acceptors (Lipinski definition) is 2. The summed E-state index contributed by atoms with van der Waals surface area (Å²) < 4.78 is 5.13. The van der Waals surface area contributed by atoms with Crippen LogP contribution in [0.1, 0.15) is 46.5 Å². The molecule has 2 aliphatic rings. The normalized spacial score (nSPS) is 20.6. The van der Waals surface area contributed by atoms with Gasteiger partial charge < -0.3 is 4.74 Å². The number of fused-ring (bicyclic) bond motifs is 3. The summed E-state index contributed by atoms with van der Waals surface area (Å²) in [7, 11) is 0. The molecule has 1 aromatic carbocycles. The fraction of sp³-hybridized carbons (Fsp3) is 0.500. The van der Waals surface area contributed by atoms with Crippen LogP contribution in [0.15, 0.2) is 6.07 Å². The molecule has 2 nitrogen and oxygen atoms in total. The molecule has 0 atom stereocenters. The van der Waals surface area contributed by atoms with Gasteiger partial charge in [-0.05, 0) is 47.9 Å². The van der Waals surface area contributed by atoms with E-state index in [9.17, 15) is 4.79 Å². The third-order valence-corrected chi connectivity index (χ3v) is 3.77. The molecule has 1 heterocycles. The third-order valence-electron chi connectivity index (χ3n) is 3.77. The lowest BCUT2D eigenvalue weighted by Crippen LogP contribution is -2.10. The Morgan fingerprint density at radius 2 is 1.88 bits per heavy atom. The highest BCUT2D eigenvalue weighted by Gasteiger charge is 2.35. The minimum Gasteiger partial charge on any atom is -0.457 e. The van der Waals surface area contributed by atoms with Gasteiger partial charge in [0.15, 0.2) is 0 Å². The summed E-state index contributed by atoms with van der Waals surface area (Å²) in [6, 6.07) is 2.00. The van der Waals surface area contributed by atoms with Gasteiger partial charge >= 0.3 is 5.97 Å². The van der Waals surface area contributed by atoms with Crippen LogP contribution in [-0.4, -0.2) is 5.97 Å². The first-order valence-corrected chi connectivity index (χ1v) is 5.79. The Labute approximate surface area is 95.6 Å². The number of hydrogen-bond donors (Lipinski definition) is 0. The molecule has 0 fully saturated rings. The van der Waals surface area contributed by atoms with Crippen LogP contribution in [0.4, 0.5) is 0 Å². The van der Waals surface area contributed by atoms with Crippen molar-refractivity contribution in [3.8, 4) is 0 Å². The first-order valence-electron chi connectivity index (χ1n) is 5.79. The van der Waals surface area contributed by atoms with Crippen molar-refractivity contribution >= 4 is 5.97 Å². The Hall–Kier alpha value is -1.31. The highest BCUT2D eigenvalue weighted by molar-refractivity contribution is 5.94. The summed E-state index contributed by atoms with van der Waals surface area (Å²) >= 11 is 0. The van der Waals surface area contributed by atoms with E-state index in [1.807, 2.05) is 6.07 Å². The Balaban J connectivity index is 2.24. The summed E-state index contributed by atoms with van der Waals surface area (Å²) in [5.41, 5.74) is 6.35. The zero-order valence-corrected chi connectivity index (χ0v) is 10.0. The maximum Gasteiger partial charge on any atom is 0.338 e. The number of aryl methyl sites for hydroxylation is 1. The van der Waals surface area contributed by atoms with Gasteiger partial charge in [0.1, 0.15) is 6.61 Å². The van der Waals surface area contributed by atoms with Crippen molar-refractivity contribution in [1.29, 1.82) is 0 Å². The monoisotopic (exact) mass is 216 g/mol. The van der Waals surface area contributed by atoms with Gasteiger partial charge in [0.25, 0.3) is 0 Å². The summed E-state index contributed by atoms with van der Waals surface area (Å²) in [6.07, 6.45) is 2.19. The highest BCUT2D eigenvalue weighted by Crippen LogP contribution is 2.42. The smallest absolute Gasteiger partial charge is 0.338 e. The third kappa shape index (κ3) is 1.22. The molecule has 0 N–H and O–H groups in total. The maximum absolute atomic E-state index is 11.6. The number of benzene rings is 1. The molecule has 2 heteroatoms. The molecule has 84 valence electrons. The van der Waals surface area contributed by atoms with Crippen molar-refractivity contribution in [2.24, 2.45) is 5.41 Å². The molecule has 0 unspecified atom stereocenters. The van der Waals surface area contributed by atoms with Gasteiger partial charge in [0, 0.05) is 5.56 Å². The second-order valence-corrected chi connectivity index (χ2v) is 5.77. The van der Waals surface area contributed by atoms with Crippen molar-refractivity contribution < 1.29 is 9.53 Å². The van der Waals surface area contributed by atoms with Crippen LogP contribution in [0.3, 0.4) is 0 Å². The van der Waals surface area contributed by atoms with Gasteiger partial charge in [-0.15, -0.1) is 0 Å². The number of esters is 1. The van der Waals surface area contributed by atoms with Crippen LogP contribution in [0.5, 0.6) is 0 Å². The van der Waals surface area contributed by atoms with Gasteiger partial charge in [-0.25, -0.2) is 4.79 Å². The van der Waals surface area contributed by atoms with Crippen LogP contribution in [0, 0.1) is 12.3 Å². The van der Waals surface area contributed by atoms with Gasteiger partial charge in [-0.3, -0.25) is 0 Å². The van der Waals surface area contributed by atoms with Crippen LogP contribution in [-0.2, 0) is 24.2 Å². The first kappa shape index (κ1) is 9.88. The van der Waals surface area contributed by atoms with E-state index in [-0.39, 0.29) is 5.97 Å². The zero-order valence-electron chi connectivity index (χ0n) is 10.0. The molecular weight excluding hydrogens is 200 g/mol. The van der Waals surface area contributed by atoms with Gasteiger partial charge in [-0.2, -0.15) is 0 Å². The Morgan fingerprint density at radius 3 is 2.62 bits per heavy atom. The summed E-state index contributed by atoms with van der Waals surface area (Å²) in [6.45, 7) is 7.16. The molecule has 0 saturated carbocycles. The van der Waals surface area contributed by atoms with Gasteiger partial charge in [0.05, 0.1) is 5.56 Å². The molecule has 16 heavy (non-hydrogen) atoms. The van der Waals surface area contributed by atoms with Crippen molar-refractivity contribution in [2.45, 2.75) is 40.2 Å². The molecule has 0 radical (unpaired) electrons. The lowest BCUT2D eigenvalue weighted by Gasteiger charge is -2.15. The van der Waals surface area contributed by atoms with E-state index >= 15 is 0 Å². The minimum atomic E-state index is -0.148. The van der Waals surface area contributed by atoms with Crippen molar-refractivity contribution in [3.05, 3.63) is 33.9 Å². The molecule has 0 bridgehead atoms. The van der Waals surface area contributed by atoms with Crippen LogP contribution >= 0.6 is 0 Å². The van der Waals surface area contributed by atoms with Crippen LogP contribution in [0.25, 0.3) is 0 Å². The molecule has 1 aromatic rings. The largest absolute Gasteiger partial charge is 0.457 e. The Morgan fingerprint density at radius 1 is 1.19 bits per heavy atom. The molecule has 3 rings (SSSR count). The van der Waals surface area contributed by atoms with E-state index in [4.69, 9.17) is 4.74 Å². The summed E-state index contributed by atoms with van der Waals surface area (Å²) in [5, 5.41) is 0. The zero-order chi connectivity index (χ0) is 11.5. The predicted molar refractivity (Wildman–Crippen MR) is 61.5 cm³/mol. The fourth-order valence-corrected chi connectivity index (χ4v) is 3.02. The van der Waals surface area contributed by atoms with E-state index in [1.165, 1.54) is 16.7 Å². The van der Waals surface area contributed by atoms with E-state index < -0.39 is 0 Å². The number of carbonyl (C=O) groups excluding carboxylic acids is 1. The summed E-state index contributed by atoms with van der Waals surface area (Å²) in [4.78, 5) is 11.6. The van der Waals surface area contributed by atoms with Crippen molar-refractivity contribution in [2.75, 3.05) is 0 Å². The lowest BCUT2D eigenvalue weighted by molar-refractivity contribution is 0.0534.